The molecule has 2 rings (SSSR count). The highest BCUT2D eigenvalue weighted by atomic mass is 35.5. The zero-order valence-electron chi connectivity index (χ0n) is 9.66. The number of halogens is 1. The number of hydrogen-bond donors (Lipinski definition) is 1. The Morgan fingerprint density at radius 1 is 1.18 bits per heavy atom. The van der Waals surface area contributed by atoms with Crippen LogP contribution in [0.4, 0.5) is 5.69 Å². The Kier molecular flexibility index (Phi) is 3.89. The third-order valence-corrected chi connectivity index (χ3v) is 3.37. The number of carboxylic acid groups (broad SMARTS) is 1. The SMILES string of the molecule is O=C(O)c1ccc(Cl)cc1N1CCCCCC1. The molecule has 1 aromatic rings. The summed E-state index contributed by atoms with van der Waals surface area (Å²) in [4.78, 5) is 13.3. The molecule has 1 N–H and O–H groups in total. The summed E-state index contributed by atoms with van der Waals surface area (Å²) in [5.41, 5.74) is 1.10. The number of rotatable bonds is 2. The lowest BCUT2D eigenvalue weighted by Crippen LogP contribution is -2.25. The van der Waals surface area contributed by atoms with Crippen molar-refractivity contribution in [3.63, 3.8) is 0 Å². The predicted octanol–water partition coefficient (Wildman–Crippen LogP) is 3.42. The third-order valence-electron chi connectivity index (χ3n) is 3.14. The topological polar surface area (TPSA) is 40.5 Å². The molecule has 0 aliphatic carbocycles. The van der Waals surface area contributed by atoms with Crippen LogP contribution in [0, 0.1) is 0 Å². The Balaban J connectivity index is 2.34. The lowest BCUT2D eigenvalue weighted by molar-refractivity contribution is 0.0697. The van der Waals surface area contributed by atoms with E-state index in [-0.39, 0.29) is 0 Å². The van der Waals surface area contributed by atoms with Crippen LogP contribution in [0.1, 0.15) is 36.0 Å². The second-order valence-corrected chi connectivity index (χ2v) is 4.80. The number of hydrogen-bond acceptors (Lipinski definition) is 2. The molecule has 17 heavy (non-hydrogen) atoms. The first-order valence-corrected chi connectivity index (χ1v) is 6.34. The van der Waals surface area contributed by atoms with Crippen molar-refractivity contribution in [3.05, 3.63) is 28.8 Å². The van der Waals surface area contributed by atoms with Gasteiger partial charge in [-0.15, -0.1) is 0 Å². The van der Waals surface area contributed by atoms with Crippen LogP contribution in [0.2, 0.25) is 5.02 Å². The Bertz CT molecular complexity index is 412. The van der Waals surface area contributed by atoms with Gasteiger partial charge >= 0.3 is 5.97 Å². The van der Waals surface area contributed by atoms with Crippen molar-refractivity contribution in [2.45, 2.75) is 25.7 Å². The van der Waals surface area contributed by atoms with Crippen molar-refractivity contribution < 1.29 is 9.90 Å². The molecule has 0 radical (unpaired) electrons. The van der Waals surface area contributed by atoms with Crippen LogP contribution in [0.25, 0.3) is 0 Å². The molecule has 4 heteroatoms. The predicted molar refractivity (Wildman–Crippen MR) is 69.1 cm³/mol. The maximum atomic E-state index is 11.2. The Morgan fingerprint density at radius 2 is 1.82 bits per heavy atom. The first kappa shape index (κ1) is 12.2. The Morgan fingerprint density at radius 3 is 2.41 bits per heavy atom. The van der Waals surface area contributed by atoms with Gasteiger partial charge in [0, 0.05) is 18.1 Å². The molecular formula is C13H16ClNO2. The van der Waals surface area contributed by atoms with E-state index < -0.39 is 5.97 Å². The molecule has 1 aliphatic rings. The smallest absolute Gasteiger partial charge is 0.337 e. The standard InChI is InChI=1S/C13H16ClNO2/c14-10-5-6-11(13(16)17)12(9-10)15-7-3-1-2-4-8-15/h5-6,9H,1-4,7-8H2,(H,16,17). The fourth-order valence-corrected chi connectivity index (χ4v) is 2.43. The number of nitrogens with zero attached hydrogens (tertiary/aromatic N) is 1. The summed E-state index contributed by atoms with van der Waals surface area (Å²) < 4.78 is 0. The first-order valence-electron chi connectivity index (χ1n) is 5.96. The molecule has 0 bridgehead atoms. The van der Waals surface area contributed by atoms with Gasteiger partial charge in [-0.2, -0.15) is 0 Å². The number of benzene rings is 1. The highest BCUT2D eigenvalue weighted by Gasteiger charge is 2.17. The summed E-state index contributed by atoms with van der Waals surface area (Å²) in [5.74, 6) is -0.888. The molecule has 0 unspecified atom stereocenters. The van der Waals surface area contributed by atoms with Gasteiger partial charge in [-0.05, 0) is 31.0 Å². The lowest BCUT2D eigenvalue weighted by atomic mass is 10.1. The third kappa shape index (κ3) is 2.91. The van der Waals surface area contributed by atoms with Crippen molar-refractivity contribution in [3.8, 4) is 0 Å². The average molecular weight is 254 g/mol. The van der Waals surface area contributed by atoms with E-state index in [1.807, 2.05) is 0 Å². The Labute approximate surface area is 106 Å². The summed E-state index contributed by atoms with van der Waals surface area (Å²) in [6, 6.07) is 4.98. The van der Waals surface area contributed by atoms with Crippen molar-refractivity contribution in [1.29, 1.82) is 0 Å². The van der Waals surface area contributed by atoms with Gasteiger partial charge in [0.2, 0.25) is 0 Å². The summed E-state index contributed by atoms with van der Waals surface area (Å²) >= 11 is 5.96. The van der Waals surface area contributed by atoms with Gasteiger partial charge in [-0.1, -0.05) is 24.4 Å². The van der Waals surface area contributed by atoms with E-state index in [4.69, 9.17) is 11.6 Å². The minimum Gasteiger partial charge on any atom is -0.478 e. The maximum Gasteiger partial charge on any atom is 0.337 e. The quantitative estimate of drug-likeness (QED) is 0.878. The normalized spacial score (nSPS) is 16.6. The van der Waals surface area contributed by atoms with Crippen LogP contribution < -0.4 is 4.90 Å². The van der Waals surface area contributed by atoms with E-state index in [2.05, 4.69) is 4.90 Å². The molecule has 1 fully saturated rings. The van der Waals surface area contributed by atoms with Gasteiger partial charge < -0.3 is 10.0 Å². The van der Waals surface area contributed by atoms with Gasteiger partial charge in [-0.3, -0.25) is 0 Å². The maximum absolute atomic E-state index is 11.2. The molecule has 0 atom stereocenters. The van der Waals surface area contributed by atoms with Crippen molar-refractivity contribution >= 4 is 23.3 Å². The summed E-state index contributed by atoms with van der Waals surface area (Å²) in [7, 11) is 0. The fraction of sp³-hybridized carbons (Fsp3) is 0.462. The van der Waals surface area contributed by atoms with Crippen LogP contribution in [0.5, 0.6) is 0 Å². The summed E-state index contributed by atoms with van der Waals surface area (Å²) in [6.07, 6.45) is 4.68. The molecule has 0 aromatic heterocycles. The molecule has 0 spiro atoms. The van der Waals surface area contributed by atoms with Gasteiger partial charge in [0.05, 0.1) is 11.3 Å². The van der Waals surface area contributed by atoms with Gasteiger partial charge in [0.15, 0.2) is 0 Å². The molecule has 1 aliphatic heterocycles. The summed E-state index contributed by atoms with van der Waals surface area (Å²) in [5, 5.41) is 9.78. The largest absolute Gasteiger partial charge is 0.478 e. The molecule has 0 saturated carbocycles. The highest BCUT2D eigenvalue weighted by Crippen LogP contribution is 2.27. The van der Waals surface area contributed by atoms with E-state index in [9.17, 15) is 9.90 Å². The molecular weight excluding hydrogens is 238 g/mol. The van der Waals surface area contributed by atoms with E-state index in [0.717, 1.165) is 31.6 Å². The second kappa shape index (κ2) is 5.41. The number of carboxylic acids is 1. The van der Waals surface area contributed by atoms with Crippen LogP contribution in [-0.4, -0.2) is 24.2 Å². The average Bonchev–Trinajstić information content (AvgIpc) is 2.56. The van der Waals surface area contributed by atoms with Crippen molar-refractivity contribution in [2.75, 3.05) is 18.0 Å². The molecule has 1 aromatic carbocycles. The Hall–Kier alpha value is -1.22. The zero-order valence-corrected chi connectivity index (χ0v) is 10.4. The second-order valence-electron chi connectivity index (χ2n) is 4.37. The van der Waals surface area contributed by atoms with Crippen molar-refractivity contribution in [2.24, 2.45) is 0 Å². The van der Waals surface area contributed by atoms with Gasteiger partial charge in [-0.25, -0.2) is 4.79 Å². The number of aromatic carboxylic acids is 1. The zero-order chi connectivity index (χ0) is 12.3. The van der Waals surface area contributed by atoms with Crippen molar-refractivity contribution in [1.82, 2.24) is 0 Å². The van der Waals surface area contributed by atoms with Gasteiger partial charge in [0.25, 0.3) is 0 Å². The van der Waals surface area contributed by atoms with Crippen LogP contribution in [-0.2, 0) is 0 Å². The number of anilines is 1. The number of carbonyl (C=O) groups is 1. The summed E-state index contributed by atoms with van der Waals surface area (Å²) in [6.45, 7) is 1.83. The minimum absolute atomic E-state index is 0.344. The highest BCUT2D eigenvalue weighted by molar-refractivity contribution is 6.31. The molecule has 92 valence electrons. The van der Waals surface area contributed by atoms with E-state index in [1.54, 1.807) is 18.2 Å². The monoisotopic (exact) mass is 253 g/mol. The van der Waals surface area contributed by atoms with Crippen LogP contribution in [0.3, 0.4) is 0 Å². The minimum atomic E-state index is -0.888. The van der Waals surface area contributed by atoms with E-state index >= 15 is 0 Å². The fourth-order valence-electron chi connectivity index (χ4n) is 2.26. The molecule has 1 saturated heterocycles. The first-order chi connectivity index (χ1) is 8.18. The molecule has 3 nitrogen and oxygen atoms in total. The lowest BCUT2D eigenvalue weighted by Gasteiger charge is -2.24. The van der Waals surface area contributed by atoms with Crippen LogP contribution >= 0.6 is 11.6 Å². The molecule has 0 amide bonds. The van der Waals surface area contributed by atoms with E-state index in [0.29, 0.717) is 10.6 Å². The molecule has 1 heterocycles. The van der Waals surface area contributed by atoms with Crippen LogP contribution in [0.15, 0.2) is 18.2 Å². The van der Waals surface area contributed by atoms with E-state index in [1.165, 1.54) is 12.8 Å². The van der Waals surface area contributed by atoms with Gasteiger partial charge in [0.1, 0.15) is 0 Å².